The molecule has 1 aliphatic rings. The number of amides is 1. The third kappa shape index (κ3) is 3.97. The molecule has 1 saturated heterocycles. The fourth-order valence-electron chi connectivity index (χ4n) is 2.56. The largest absolute Gasteiger partial charge is 0.421 e. The molecule has 3 rings (SSSR count). The molecule has 128 valence electrons. The van der Waals surface area contributed by atoms with Crippen LogP contribution in [0.2, 0.25) is 5.02 Å². The van der Waals surface area contributed by atoms with Crippen molar-refractivity contribution in [1.29, 1.82) is 0 Å². The van der Waals surface area contributed by atoms with Crippen molar-refractivity contribution in [2.45, 2.75) is 0 Å². The maximum absolute atomic E-state index is 12.3. The summed E-state index contributed by atoms with van der Waals surface area (Å²) in [4.78, 5) is 26.5. The van der Waals surface area contributed by atoms with E-state index in [-0.39, 0.29) is 5.56 Å². The van der Waals surface area contributed by atoms with E-state index in [0.29, 0.717) is 46.8 Å². The van der Waals surface area contributed by atoms with E-state index in [2.05, 4.69) is 26.1 Å². The van der Waals surface area contributed by atoms with E-state index in [4.69, 9.17) is 20.8 Å². The minimum Gasteiger partial charge on any atom is -0.421 e. The minimum atomic E-state index is -0.672. The van der Waals surface area contributed by atoms with E-state index in [9.17, 15) is 9.59 Å². The first-order valence-corrected chi connectivity index (χ1v) is 8.73. The highest BCUT2D eigenvalue weighted by atomic mass is 79.9. The van der Waals surface area contributed by atoms with Crippen LogP contribution in [-0.4, -0.2) is 50.2 Å². The van der Waals surface area contributed by atoms with Crippen molar-refractivity contribution >= 4 is 44.4 Å². The van der Waals surface area contributed by atoms with Crippen molar-refractivity contribution in [3.63, 3.8) is 0 Å². The molecule has 1 aromatic carbocycles. The van der Waals surface area contributed by atoms with Gasteiger partial charge in [-0.3, -0.25) is 9.69 Å². The molecule has 2 heterocycles. The average molecular weight is 416 g/mol. The Bertz CT molecular complexity index is 818. The van der Waals surface area contributed by atoms with Gasteiger partial charge < -0.3 is 14.5 Å². The quantitative estimate of drug-likeness (QED) is 0.776. The van der Waals surface area contributed by atoms with Gasteiger partial charge in [-0.2, -0.15) is 0 Å². The number of hydrogen-bond acceptors (Lipinski definition) is 5. The Hall–Kier alpha value is -1.41. The van der Waals surface area contributed by atoms with Crippen molar-refractivity contribution in [2.24, 2.45) is 0 Å². The van der Waals surface area contributed by atoms with Gasteiger partial charge in [0.25, 0.3) is 5.91 Å². The molecule has 0 unspecified atom stereocenters. The first-order valence-electron chi connectivity index (χ1n) is 7.56. The molecular weight excluding hydrogens is 400 g/mol. The van der Waals surface area contributed by atoms with Gasteiger partial charge in [0.1, 0.15) is 5.56 Å². The average Bonchev–Trinajstić information content (AvgIpc) is 2.56. The molecule has 0 atom stereocenters. The van der Waals surface area contributed by atoms with E-state index in [1.165, 1.54) is 6.07 Å². The molecule has 6 nitrogen and oxygen atoms in total. The number of nitrogens with one attached hydrogen (secondary N) is 1. The number of ether oxygens (including phenoxy) is 1. The highest BCUT2D eigenvalue weighted by Gasteiger charge is 2.16. The van der Waals surface area contributed by atoms with E-state index in [1.807, 2.05) is 0 Å². The third-order valence-corrected chi connectivity index (χ3v) is 4.62. The molecule has 0 saturated carbocycles. The Morgan fingerprint density at radius 3 is 2.79 bits per heavy atom. The normalized spacial score (nSPS) is 15.6. The predicted molar refractivity (Wildman–Crippen MR) is 94.8 cm³/mol. The van der Waals surface area contributed by atoms with Gasteiger partial charge in [0.05, 0.1) is 17.7 Å². The van der Waals surface area contributed by atoms with Crippen LogP contribution in [0.15, 0.2) is 31.9 Å². The number of benzene rings is 1. The van der Waals surface area contributed by atoms with Gasteiger partial charge in [-0.15, -0.1) is 0 Å². The number of halogens is 2. The van der Waals surface area contributed by atoms with Crippen LogP contribution >= 0.6 is 27.5 Å². The van der Waals surface area contributed by atoms with Gasteiger partial charge >= 0.3 is 5.63 Å². The van der Waals surface area contributed by atoms with Crippen LogP contribution in [0.4, 0.5) is 0 Å². The standard InChI is InChI=1S/C16H16BrClN2O4/c17-13-9-11(18)7-10-8-12(16(22)24-14(10)13)15(21)19-1-2-20-3-5-23-6-4-20/h7-9H,1-6H2,(H,19,21). The zero-order valence-electron chi connectivity index (χ0n) is 12.8. The predicted octanol–water partition coefficient (Wildman–Crippen LogP) is 2.27. The second kappa shape index (κ2) is 7.65. The van der Waals surface area contributed by atoms with Crippen LogP contribution in [0.25, 0.3) is 11.0 Å². The van der Waals surface area contributed by atoms with Crippen LogP contribution in [0.5, 0.6) is 0 Å². The molecular formula is C16H16BrClN2O4. The fraction of sp³-hybridized carbons (Fsp3) is 0.375. The van der Waals surface area contributed by atoms with E-state index >= 15 is 0 Å². The van der Waals surface area contributed by atoms with Crippen molar-refractivity contribution in [2.75, 3.05) is 39.4 Å². The lowest BCUT2D eigenvalue weighted by atomic mass is 10.2. The summed E-state index contributed by atoms with van der Waals surface area (Å²) >= 11 is 9.30. The maximum Gasteiger partial charge on any atom is 0.349 e. The summed E-state index contributed by atoms with van der Waals surface area (Å²) in [5.41, 5.74) is -0.331. The molecule has 0 spiro atoms. The lowest BCUT2D eigenvalue weighted by Crippen LogP contribution is -2.41. The molecule has 1 aromatic heterocycles. The molecule has 24 heavy (non-hydrogen) atoms. The summed E-state index contributed by atoms with van der Waals surface area (Å²) in [6.07, 6.45) is 0. The summed E-state index contributed by atoms with van der Waals surface area (Å²) in [5.74, 6) is -0.449. The summed E-state index contributed by atoms with van der Waals surface area (Å²) in [7, 11) is 0. The van der Waals surface area contributed by atoms with Crippen molar-refractivity contribution in [3.8, 4) is 0 Å². The van der Waals surface area contributed by atoms with Crippen LogP contribution in [0, 0.1) is 0 Å². The highest BCUT2D eigenvalue weighted by Crippen LogP contribution is 2.27. The minimum absolute atomic E-state index is 0.0290. The number of morpholine rings is 1. The number of carbonyl (C=O) groups excluding carboxylic acids is 1. The number of carbonyl (C=O) groups is 1. The summed E-state index contributed by atoms with van der Waals surface area (Å²) in [5, 5.41) is 3.83. The van der Waals surface area contributed by atoms with Crippen LogP contribution < -0.4 is 10.9 Å². The Labute approximate surface area is 151 Å². The zero-order valence-corrected chi connectivity index (χ0v) is 15.2. The maximum atomic E-state index is 12.3. The molecule has 0 aliphatic carbocycles. The van der Waals surface area contributed by atoms with Gasteiger partial charge in [0, 0.05) is 36.6 Å². The molecule has 0 radical (unpaired) electrons. The molecule has 1 aliphatic heterocycles. The zero-order chi connectivity index (χ0) is 17.1. The molecule has 1 fully saturated rings. The first-order chi connectivity index (χ1) is 11.5. The summed E-state index contributed by atoms with van der Waals surface area (Å²) in [6.45, 7) is 4.28. The molecule has 8 heteroatoms. The van der Waals surface area contributed by atoms with E-state index in [0.717, 1.165) is 13.1 Å². The fourth-order valence-corrected chi connectivity index (χ4v) is 3.48. The Morgan fingerprint density at radius 1 is 1.29 bits per heavy atom. The first kappa shape index (κ1) is 17.4. The monoisotopic (exact) mass is 414 g/mol. The number of fused-ring (bicyclic) bond motifs is 1. The summed E-state index contributed by atoms with van der Waals surface area (Å²) in [6, 6.07) is 4.78. The molecule has 0 bridgehead atoms. The second-order valence-corrected chi connectivity index (χ2v) is 6.75. The van der Waals surface area contributed by atoms with Crippen LogP contribution in [0.1, 0.15) is 10.4 Å². The Kier molecular flexibility index (Phi) is 5.55. The lowest BCUT2D eigenvalue weighted by Gasteiger charge is -2.26. The molecule has 1 N–H and O–H groups in total. The molecule has 2 aromatic rings. The topological polar surface area (TPSA) is 71.8 Å². The lowest BCUT2D eigenvalue weighted by molar-refractivity contribution is 0.0383. The number of hydrogen-bond donors (Lipinski definition) is 1. The third-order valence-electron chi connectivity index (χ3n) is 3.81. The van der Waals surface area contributed by atoms with Gasteiger partial charge in [-0.25, -0.2) is 4.79 Å². The van der Waals surface area contributed by atoms with Gasteiger partial charge in [0.15, 0.2) is 5.58 Å². The van der Waals surface area contributed by atoms with E-state index in [1.54, 1.807) is 12.1 Å². The van der Waals surface area contributed by atoms with Crippen molar-refractivity contribution in [3.05, 3.63) is 43.7 Å². The second-order valence-electron chi connectivity index (χ2n) is 5.46. The summed E-state index contributed by atoms with van der Waals surface area (Å²) < 4.78 is 11.1. The Balaban J connectivity index is 1.72. The van der Waals surface area contributed by atoms with Gasteiger partial charge in [-0.1, -0.05) is 11.6 Å². The van der Waals surface area contributed by atoms with Gasteiger partial charge in [0.2, 0.25) is 0 Å². The number of rotatable bonds is 4. The highest BCUT2D eigenvalue weighted by molar-refractivity contribution is 9.10. The van der Waals surface area contributed by atoms with Crippen LogP contribution in [-0.2, 0) is 4.74 Å². The SMILES string of the molecule is O=C(NCCN1CCOCC1)c1cc2cc(Cl)cc(Br)c2oc1=O. The van der Waals surface area contributed by atoms with Crippen molar-refractivity contribution < 1.29 is 13.9 Å². The number of nitrogens with zero attached hydrogens (tertiary/aromatic N) is 1. The Morgan fingerprint density at radius 2 is 2.04 bits per heavy atom. The van der Waals surface area contributed by atoms with Crippen molar-refractivity contribution in [1.82, 2.24) is 10.2 Å². The van der Waals surface area contributed by atoms with E-state index < -0.39 is 11.5 Å². The van der Waals surface area contributed by atoms with Crippen LogP contribution in [0.3, 0.4) is 0 Å². The molecule has 1 amide bonds. The smallest absolute Gasteiger partial charge is 0.349 e. The van der Waals surface area contributed by atoms with Gasteiger partial charge in [-0.05, 0) is 34.1 Å².